The summed E-state index contributed by atoms with van der Waals surface area (Å²) < 4.78 is 30.8. The Morgan fingerprint density at radius 2 is 2.22 bits per heavy atom. The predicted molar refractivity (Wildman–Crippen MR) is 63.7 cm³/mol. The lowest BCUT2D eigenvalue weighted by Gasteiger charge is -2.06. The van der Waals surface area contributed by atoms with Gasteiger partial charge >= 0.3 is 5.97 Å². The number of rotatable bonds is 7. The van der Waals surface area contributed by atoms with Gasteiger partial charge in [0.2, 0.25) is 0 Å². The molecule has 3 N–H and O–H groups in total. The van der Waals surface area contributed by atoms with E-state index in [9.17, 15) is 13.2 Å². The van der Waals surface area contributed by atoms with Gasteiger partial charge in [-0.15, -0.1) is 0 Å². The number of esters is 1. The lowest BCUT2D eigenvalue weighted by molar-refractivity contribution is 0.0522. The summed E-state index contributed by atoms with van der Waals surface area (Å²) in [5.74, 6) is -0.722. The first kappa shape index (κ1) is 14.6. The Labute approximate surface area is 105 Å². The molecular formula is C9H16N4O4S. The van der Waals surface area contributed by atoms with Crippen LogP contribution in [-0.4, -0.2) is 51.3 Å². The number of sulfonamides is 1. The van der Waals surface area contributed by atoms with Crippen molar-refractivity contribution < 1.29 is 17.9 Å². The smallest absolute Gasteiger partial charge is 0.342 e. The zero-order valence-electron chi connectivity index (χ0n) is 10.2. The highest BCUT2D eigenvalue weighted by molar-refractivity contribution is 7.89. The van der Waals surface area contributed by atoms with Crippen LogP contribution in [0.15, 0.2) is 11.2 Å². The lowest BCUT2D eigenvalue weighted by atomic mass is 10.4. The maximum Gasteiger partial charge on any atom is 0.342 e. The molecule has 0 aromatic carbocycles. The molecule has 18 heavy (non-hydrogen) atoms. The van der Waals surface area contributed by atoms with Crippen LogP contribution in [0.25, 0.3) is 0 Å². The fraction of sp³-hybridized carbons (Fsp3) is 0.556. The van der Waals surface area contributed by atoms with Crippen LogP contribution in [0.2, 0.25) is 0 Å². The second kappa shape index (κ2) is 6.47. The molecule has 0 radical (unpaired) electrons. The third-order valence-electron chi connectivity index (χ3n) is 2.04. The van der Waals surface area contributed by atoms with E-state index in [0.717, 1.165) is 6.20 Å². The molecule has 0 fully saturated rings. The van der Waals surface area contributed by atoms with Gasteiger partial charge in [0.1, 0.15) is 5.56 Å². The molecule has 0 spiro atoms. The Morgan fingerprint density at radius 1 is 1.50 bits per heavy atom. The van der Waals surface area contributed by atoms with E-state index in [1.165, 1.54) is 0 Å². The summed E-state index contributed by atoms with van der Waals surface area (Å²) in [5.41, 5.74) is -0.103. The van der Waals surface area contributed by atoms with E-state index in [1.54, 1.807) is 14.0 Å². The maximum atomic E-state index is 11.9. The molecule has 0 saturated heterocycles. The summed E-state index contributed by atoms with van der Waals surface area (Å²) in [7, 11) is -2.09. The first-order valence-electron chi connectivity index (χ1n) is 5.37. The standard InChI is InChI=1S/C9H16N4O4S/c1-3-17-9(14)7-6-11-13-8(7)18(15,16)12-5-4-10-2/h6,10,12H,3-5H2,1-2H3,(H,11,13). The van der Waals surface area contributed by atoms with Crippen LogP contribution in [0.1, 0.15) is 17.3 Å². The van der Waals surface area contributed by atoms with E-state index in [-0.39, 0.29) is 23.7 Å². The fourth-order valence-corrected chi connectivity index (χ4v) is 2.33. The minimum atomic E-state index is -3.79. The van der Waals surface area contributed by atoms with Crippen molar-refractivity contribution in [2.45, 2.75) is 11.9 Å². The maximum absolute atomic E-state index is 11.9. The number of carbonyl (C=O) groups is 1. The second-order valence-electron chi connectivity index (χ2n) is 3.33. The minimum absolute atomic E-state index is 0.103. The zero-order chi connectivity index (χ0) is 13.6. The number of nitrogens with zero attached hydrogens (tertiary/aromatic N) is 1. The fourth-order valence-electron chi connectivity index (χ4n) is 1.22. The van der Waals surface area contributed by atoms with Crippen LogP contribution >= 0.6 is 0 Å². The SMILES string of the molecule is CCOC(=O)c1cn[nH]c1S(=O)(=O)NCCNC. The molecule has 0 aliphatic carbocycles. The van der Waals surface area contributed by atoms with Crippen molar-refractivity contribution in [1.29, 1.82) is 0 Å². The Hall–Kier alpha value is -1.45. The van der Waals surface area contributed by atoms with Crippen LogP contribution in [0.4, 0.5) is 0 Å². The molecule has 0 bridgehead atoms. The molecule has 102 valence electrons. The summed E-state index contributed by atoms with van der Waals surface area (Å²) in [6.07, 6.45) is 1.13. The molecule has 0 unspecified atom stereocenters. The Kier molecular flexibility index (Phi) is 5.25. The van der Waals surface area contributed by atoms with Crippen molar-refractivity contribution in [2.75, 3.05) is 26.7 Å². The first-order chi connectivity index (χ1) is 8.53. The van der Waals surface area contributed by atoms with Crippen molar-refractivity contribution in [1.82, 2.24) is 20.2 Å². The molecule has 0 aliphatic rings. The van der Waals surface area contributed by atoms with Gasteiger partial charge in [-0.2, -0.15) is 5.10 Å². The molecule has 0 aliphatic heterocycles. The van der Waals surface area contributed by atoms with E-state index in [2.05, 4.69) is 20.2 Å². The molecule has 0 saturated carbocycles. The summed E-state index contributed by atoms with van der Waals surface area (Å²) in [4.78, 5) is 11.5. The lowest BCUT2D eigenvalue weighted by Crippen LogP contribution is -2.31. The van der Waals surface area contributed by atoms with Crippen LogP contribution in [0.3, 0.4) is 0 Å². The number of ether oxygens (including phenoxy) is 1. The van der Waals surface area contributed by atoms with Gasteiger partial charge < -0.3 is 10.1 Å². The number of nitrogens with one attached hydrogen (secondary N) is 3. The number of hydrogen-bond acceptors (Lipinski definition) is 6. The van der Waals surface area contributed by atoms with Crippen LogP contribution in [0, 0.1) is 0 Å². The van der Waals surface area contributed by atoms with Crippen molar-refractivity contribution in [3.05, 3.63) is 11.8 Å². The highest BCUT2D eigenvalue weighted by Gasteiger charge is 2.25. The molecule has 1 heterocycles. The Balaban J connectivity index is 2.89. The molecule has 8 nitrogen and oxygen atoms in total. The van der Waals surface area contributed by atoms with Gasteiger partial charge in [0, 0.05) is 13.1 Å². The third kappa shape index (κ3) is 3.52. The van der Waals surface area contributed by atoms with E-state index in [4.69, 9.17) is 4.74 Å². The number of aromatic nitrogens is 2. The molecule has 0 amide bonds. The molecule has 1 rings (SSSR count). The van der Waals surface area contributed by atoms with Gasteiger partial charge in [-0.1, -0.05) is 0 Å². The van der Waals surface area contributed by atoms with E-state index in [1.807, 2.05) is 0 Å². The highest BCUT2D eigenvalue weighted by Crippen LogP contribution is 2.12. The normalized spacial score (nSPS) is 11.4. The molecular weight excluding hydrogens is 260 g/mol. The van der Waals surface area contributed by atoms with Gasteiger partial charge in [-0.3, -0.25) is 5.10 Å². The van der Waals surface area contributed by atoms with Crippen molar-refractivity contribution in [3.63, 3.8) is 0 Å². The summed E-state index contributed by atoms with van der Waals surface area (Å²) in [6.45, 7) is 2.48. The minimum Gasteiger partial charge on any atom is -0.462 e. The van der Waals surface area contributed by atoms with E-state index in [0.29, 0.717) is 6.54 Å². The van der Waals surface area contributed by atoms with Gasteiger partial charge in [0.15, 0.2) is 5.03 Å². The van der Waals surface area contributed by atoms with Crippen LogP contribution in [-0.2, 0) is 14.8 Å². The Bertz CT molecular complexity index is 496. The number of hydrogen-bond donors (Lipinski definition) is 3. The summed E-state index contributed by atoms with van der Waals surface area (Å²) in [6, 6.07) is 0. The number of carbonyl (C=O) groups excluding carboxylic acids is 1. The van der Waals surface area contributed by atoms with Gasteiger partial charge in [-0.05, 0) is 14.0 Å². The molecule has 1 aromatic heterocycles. The topological polar surface area (TPSA) is 113 Å². The summed E-state index contributed by atoms with van der Waals surface area (Å²) in [5, 5.41) is 8.37. The van der Waals surface area contributed by atoms with E-state index < -0.39 is 16.0 Å². The van der Waals surface area contributed by atoms with Gasteiger partial charge in [-0.25, -0.2) is 17.9 Å². The third-order valence-corrected chi connectivity index (χ3v) is 3.47. The molecule has 9 heteroatoms. The Morgan fingerprint density at radius 3 is 2.83 bits per heavy atom. The number of H-pyrrole nitrogens is 1. The molecule has 0 atom stereocenters. The quantitative estimate of drug-likeness (QED) is 0.438. The van der Waals surface area contributed by atoms with Crippen molar-refractivity contribution in [3.8, 4) is 0 Å². The van der Waals surface area contributed by atoms with Gasteiger partial charge in [0.05, 0.1) is 12.8 Å². The largest absolute Gasteiger partial charge is 0.462 e. The number of aromatic amines is 1. The monoisotopic (exact) mass is 276 g/mol. The van der Waals surface area contributed by atoms with Gasteiger partial charge in [0.25, 0.3) is 10.0 Å². The van der Waals surface area contributed by atoms with Crippen molar-refractivity contribution in [2.24, 2.45) is 0 Å². The van der Waals surface area contributed by atoms with Crippen molar-refractivity contribution >= 4 is 16.0 Å². The first-order valence-corrected chi connectivity index (χ1v) is 6.86. The molecule has 1 aromatic rings. The summed E-state index contributed by atoms with van der Waals surface area (Å²) >= 11 is 0. The average Bonchev–Trinajstić information content (AvgIpc) is 2.79. The number of likely N-dealkylation sites (N-methyl/N-ethyl adjacent to an activating group) is 1. The van der Waals surface area contributed by atoms with Crippen LogP contribution in [0.5, 0.6) is 0 Å². The second-order valence-corrected chi connectivity index (χ2v) is 5.04. The van der Waals surface area contributed by atoms with E-state index >= 15 is 0 Å². The van der Waals surface area contributed by atoms with Crippen LogP contribution < -0.4 is 10.0 Å². The highest BCUT2D eigenvalue weighted by atomic mass is 32.2. The zero-order valence-corrected chi connectivity index (χ0v) is 11.0. The predicted octanol–water partition coefficient (Wildman–Crippen LogP) is -0.916. The average molecular weight is 276 g/mol.